The summed E-state index contributed by atoms with van der Waals surface area (Å²) in [6.07, 6.45) is 0.696. The Kier molecular flexibility index (Phi) is 6.39. The molecule has 0 radical (unpaired) electrons. The molecule has 3 amide bonds. The van der Waals surface area contributed by atoms with E-state index in [0.717, 1.165) is 16.9 Å². The molecule has 0 aromatic heterocycles. The Morgan fingerprint density at radius 1 is 1.04 bits per heavy atom. The van der Waals surface area contributed by atoms with Crippen molar-refractivity contribution in [3.8, 4) is 5.75 Å². The average molecular weight is 341 g/mol. The summed E-state index contributed by atoms with van der Waals surface area (Å²) in [4.78, 5) is 22.8. The van der Waals surface area contributed by atoms with Gasteiger partial charge in [0, 0.05) is 17.8 Å². The van der Waals surface area contributed by atoms with Crippen molar-refractivity contribution in [3.05, 3.63) is 59.2 Å². The van der Waals surface area contributed by atoms with Crippen LogP contribution in [-0.4, -0.2) is 25.1 Å². The third-order valence-electron chi connectivity index (χ3n) is 3.69. The molecule has 2 rings (SSSR count). The Morgan fingerprint density at radius 2 is 1.68 bits per heavy atom. The van der Waals surface area contributed by atoms with E-state index >= 15 is 0 Å². The average Bonchev–Trinajstić information content (AvgIpc) is 2.57. The van der Waals surface area contributed by atoms with Gasteiger partial charge in [-0.1, -0.05) is 18.2 Å². The molecule has 0 spiro atoms. The minimum atomic E-state index is -0.500. The summed E-state index contributed by atoms with van der Waals surface area (Å²) in [7, 11) is 0. The van der Waals surface area contributed by atoms with Gasteiger partial charge in [0.05, 0.1) is 6.61 Å². The van der Waals surface area contributed by atoms with Crippen LogP contribution in [0, 0.1) is 13.8 Å². The SMILES string of the molecule is Cc1cccc(C)c1OCCCNC(=O)Nc1ccc(C(N)=O)cc1. The Bertz CT molecular complexity index is 722. The zero-order chi connectivity index (χ0) is 18.2. The molecule has 0 aliphatic heterocycles. The number of rotatable bonds is 7. The predicted molar refractivity (Wildman–Crippen MR) is 98.0 cm³/mol. The molecule has 0 aliphatic carbocycles. The lowest BCUT2D eigenvalue weighted by atomic mass is 10.1. The first-order chi connectivity index (χ1) is 12.0. The quantitative estimate of drug-likeness (QED) is 0.676. The molecule has 6 nitrogen and oxygen atoms in total. The summed E-state index contributed by atoms with van der Waals surface area (Å²) in [6.45, 7) is 5.05. The Labute approximate surface area is 147 Å². The number of aryl methyl sites for hydroxylation is 2. The number of amides is 3. The van der Waals surface area contributed by atoms with Gasteiger partial charge in [-0.2, -0.15) is 0 Å². The first-order valence-corrected chi connectivity index (χ1v) is 8.11. The molecule has 4 N–H and O–H groups in total. The van der Waals surface area contributed by atoms with Crippen molar-refractivity contribution in [2.75, 3.05) is 18.5 Å². The molecular formula is C19H23N3O3. The van der Waals surface area contributed by atoms with Crippen molar-refractivity contribution in [1.29, 1.82) is 0 Å². The Hall–Kier alpha value is -3.02. The largest absolute Gasteiger partial charge is 0.493 e. The van der Waals surface area contributed by atoms with Crippen molar-refractivity contribution < 1.29 is 14.3 Å². The molecule has 132 valence electrons. The second-order valence-electron chi connectivity index (χ2n) is 5.75. The van der Waals surface area contributed by atoms with Crippen LogP contribution in [0.5, 0.6) is 5.75 Å². The number of benzene rings is 2. The number of hydrogen-bond donors (Lipinski definition) is 3. The Balaban J connectivity index is 1.69. The van der Waals surface area contributed by atoms with E-state index in [1.807, 2.05) is 32.0 Å². The van der Waals surface area contributed by atoms with Gasteiger partial charge in [-0.15, -0.1) is 0 Å². The molecular weight excluding hydrogens is 318 g/mol. The zero-order valence-electron chi connectivity index (χ0n) is 14.5. The maximum absolute atomic E-state index is 11.8. The lowest BCUT2D eigenvalue weighted by Crippen LogP contribution is -2.30. The number of carbonyl (C=O) groups excluding carboxylic acids is 2. The van der Waals surface area contributed by atoms with E-state index in [1.165, 1.54) is 0 Å². The number of urea groups is 1. The van der Waals surface area contributed by atoms with Crippen molar-refractivity contribution in [2.45, 2.75) is 20.3 Å². The first-order valence-electron chi connectivity index (χ1n) is 8.11. The van der Waals surface area contributed by atoms with Crippen LogP contribution in [0.1, 0.15) is 27.9 Å². The molecule has 2 aromatic rings. The van der Waals surface area contributed by atoms with Crippen LogP contribution < -0.4 is 21.1 Å². The molecule has 0 saturated heterocycles. The molecule has 6 heteroatoms. The van der Waals surface area contributed by atoms with E-state index in [9.17, 15) is 9.59 Å². The van der Waals surface area contributed by atoms with Crippen LogP contribution in [0.4, 0.5) is 10.5 Å². The summed E-state index contributed by atoms with van der Waals surface area (Å²) in [5.41, 5.74) is 8.36. The summed E-state index contributed by atoms with van der Waals surface area (Å²) in [6, 6.07) is 12.1. The molecule has 0 aliphatic rings. The van der Waals surface area contributed by atoms with Crippen LogP contribution in [0.3, 0.4) is 0 Å². The predicted octanol–water partition coefficient (Wildman–Crippen LogP) is 2.99. The van der Waals surface area contributed by atoms with Crippen molar-refractivity contribution in [1.82, 2.24) is 5.32 Å². The lowest BCUT2D eigenvalue weighted by molar-refractivity contribution is 0.100. The minimum Gasteiger partial charge on any atom is -0.493 e. The van der Waals surface area contributed by atoms with Gasteiger partial charge >= 0.3 is 6.03 Å². The second-order valence-corrected chi connectivity index (χ2v) is 5.75. The van der Waals surface area contributed by atoms with Crippen molar-refractivity contribution in [3.63, 3.8) is 0 Å². The highest BCUT2D eigenvalue weighted by Crippen LogP contribution is 2.22. The molecule has 0 bridgehead atoms. The number of primary amides is 1. The van der Waals surface area contributed by atoms with Crippen molar-refractivity contribution >= 4 is 17.6 Å². The normalized spacial score (nSPS) is 10.2. The fourth-order valence-corrected chi connectivity index (χ4v) is 2.37. The lowest BCUT2D eigenvalue weighted by Gasteiger charge is -2.12. The number of carbonyl (C=O) groups is 2. The van der Waals surface area contributed by atoms with Crippen LogP contribution in [-0.2, 0) is 0 Å². The molecule has 0 unspecified atom stereocenters. The third-order valence-corrected chi connectivity index (χ3v) is 3.69. The van der Waals surface area contributed by atoms with Crippen LogP contribution in [0.25, 0.3) is 0 Å². The minimum absolute atomic E-state index is 0.307. The number of para-hydroxylation sites is 1. The van der Waals surface area contributed by atoms with Gasteiger partial charge < -0.3 is 21.1 Å². The van der Waals surface area contributed by atoms with Crippen LogP contribution >= 0.6 is 0 Å². The monoisotopic (exact) mass is 341 g/mol. The van der Waals surface area contributed by atoms with Crippen molar-refractivity contribution in [2.24, 2.45) is 5.73 Å². The van der Waals surface area contributed by atoms with Gasteiger partial charge in [0.25, 0.3) is 0 Å². The third kappa shape index (κ3) is 5.53. The molecule has 0 saturated carbocycles. The molecule has 0 heterocycles. The fourth-order valence-electron chi connectivity index (χ4n) is 2.37. The van der Waals surface area contributed by atoms with Gasteiger partial charge in [0.2, 0.25) is 5.91 Å². The van der Waals surface area contributed by atoms with Gasteiger partial charge in [0.15, 0.2) is 0 Å². The summed E-state index contributed by atoms with van der Waals surface area (Å²) < 4.78 is 5.79. The Morgan fingerprint density at radius 3 is 2.28 bits per heavy atom. The van der Waals surface area contributed by atoms with E-state index in [-0.39, 0.29) is 6.03 Å². The standard InChI is InChI=1S/C19H23N3O3/c1-13-5-3-6-14(2)17(13)25-12-4-11-21-19(24)22-16-9-7-15(8-10-16)18(20)23/h3,5-10H,4,11-12H2,1-2H3,(H2,20,23)(H2,21,22,24). The van der Waals surface area contributed by atoms with E-state index in [4.69, 9.17) is 10.5 Å². The number of nitrogens with two attached hydrogens (primary N) is 1. The molecule has 25 heavy (non-hydrogen) atoms. The van der Waals surface area contributed by atoms with Crippen LogP contribution in [0.15, 0.2) is 42.5 Å². The summed E-state index contributed by atoms with van der Waals surface area (Å²) in [5.74, 6) is 0.404. The van der Waals surface area contributed by atoms with Gasteiger partial charge in [-0.05, 0) is 55.7 Å². The number of ether oxygens (including phenoxy) is 1. The number of anilines is 1. The maximum Gasteiger partial charge on any atom is 0.319 e. The molecule has 2 aromatic carbocycles. The fraction of sp³-hybridized carbons (Fsp3) is 0.263. The zero-order valence-corrected chi connectivity index (χ0v) is 14.5. The van der Waals surface area contributed by atoms with E-state index in [2.05, 4.69) is 10.6 Å². The van der Waals surface area contributed by atoms with Gasteiger partial charge in [-0.3, -0.25) is 4.79 Å². The highest BCUT2D eigenvalue weighted by Gasteiger charge is 2.05. The van der Waals surface area contributed by atoms with Gasteiger partial charge in [0.1, 0.15) is 5.75 Å². The smallest absolute Gasteiger partial charge is 0.319 e. The van der Waals surface area contributed by atoms with E-state index in [1.54, 1.807) is 24.3 Å². The topological polar surface area (TPSA) is 93.4 Å². The van der Waals surface area contributed by atoms with Crippen LogP contribution in [0.2, 0.25) is 0 Å². The number of hydrogen-bond acceptors (Lipinski definition) is 3. The summed E-state index contributed by atoms with van der Waals surface area (Å²) in [5, 5.41) is 5.45. The maximum atomic E-state index is 11.8. The second kappa shape index (κ2) is 8.73. The van der Waals surface area contributed by atoms with Gasteiger partial charge in [-0.25, -0.2) is 4.79 Å². The number of nitrogens with one attached hydrogen (secondary N) is 2. The molecule has 0 atom stereocenters. The molecule has 0 fully saturated rings. The van der Waals surface area contributed by atoms with E-state index < -0.39 is 5.91 Å². The highest BCUT2D eigenvalue weighted by atomic mass is 16.5. The van der Waals surface area contributed by atoms with E-state index in [0.29, 0.717) is 30.8 Å². The first kappa shape index (κ1) is 18.3. The summed E-state index contributed by atoms with van der Waals surface area (Å²) >= 11 is 0. The highest BCUT2D eigenvalue weighted by molar-refractivity contribution is 5.94.